The van der Waals surface area contributed by atoms with E-state index in [0.29, 0.717) is 5.75 Å². The molecule has 1 aromatic carbocycles. The van der Waals surface area contributed by atoms with Gasteiger partial charge in [-0.3, -0.25) is 0 Å². The van der Waals surface area contributed by atoms with Gasteiger partial charge in [0, 0.05) is 11.6 Å². The summed E-state index contributed by atoms with van der Waals surface area (Å²) in [6.07, 6.45) is 0. The van der Waals surface area contributed by atoms with E-state index in [1.54, 1.807) is 14.2 Å². The molecule has 0 aliphatic carbocycles. The smallest absolute Gasteiger partial charge is 0.164 e. The Morgan fingerprint density at radius 1 is 0.842 bits per heavy atom. The van der Waals surface area contributed by atoms with Gasteiger partial charge in [0.25, 0.3) is 0 Å². The number of benzene rings is 1. The predicted octanol–water partition coefficient (Wildman–Crippen LogP) is 3.99. The molecule has 0 bridgehead atoms. The van der Waals surface area contributed by atoms with Gasteiger partial charge in [-0.05, 0) is 25.3 Å². The molecule has 0 fully saturated rings. The molecule has 0 aromatic heterocycles. The van der Waals surface area contributed by atoms with E-state index in [-0.39, 0.29) is 10.8 Å². The lowest BCUT2D eigenvalue weighted by Crippen LogP contribution is -2.22. The highest BCUT2D eigenvalue weighted by Gasteiger charge is 2.25. The average Bonchev–Trinajstić information content (AvgIpc) is 2.24. The minimum atomic E-state index is -0.334. The van der Waals surface area contributed by atoms with Gasteiger partial charge in [0.05, 0.1) is 14.2 Å². The van der Waals surface area contributed by atoms with Crippen molar-refractivity contribution in [3.63, 3.8) is 0 Å². The maximum absolute atomic E-state index is 6.03. The van der Waals surface area contributed by atoms with Crippen LogP contribution in [0.4, 0.5) is 0 Å². The molecule has 0 saturated carbocycles. The lowest BCUT2D eigenvalue weighted by atomic mass is 9.86. The molecule has 3 nitrogen and oxygen atoms in total. The molecule has 0 aliphatic heterocycles. The Bertz CT molecular complexity index is 442. The second-order valence-corrected chi connectivity index (χ2v) is 7.55. The van der Waals surface area contributed by atoms with E-state index in [2.05, 4.69) is 30.0 Å². The van der Waals surface area contributed by atoms with E-state index in [0.717, 1.165) is 17.1 Å². The Balaban J connectivity index is 3.41. The molecule has 0 aliphatic rings. The fraction of sp³-hybridized carbons (Fsp3) is 0.600. The third-order valence-electron chi connectivity index (χ3n) is 2.67. The molecule has 0 N–H and O–H groups in total. The Labute approximate surface area is 118 Å². The van der Waals surface area contributed by atoms with E-state index < -0.39 is 0 Å². The van der Waals surface area contributed by atoms with Crippen molar-refractivity contribution in [2.75, 3.05) is 14.2 Å². The molecule has 1 rings (SSSR count). The fourth-order valence-corrected chi connectivity index (χ4v) is 1.94. The van der Waals surface area contributed by atoms with Gasteiger partial charge in [0.15, 0.2) is 11.5 Å². The second-order valence-electron chi connectivity index (χ2n) is 6.16. The van der Waals surface area contributed by atoms with E-state index in [1.165, 1.54) is 0 Å². The van der Waals surface area contributed by atoms with Crippen molar-refractivity contribution < 1.29 is 14.2 Å². The molecule has 19 heavy (non-hydrogen) atoms. The van der Waals surface area contributed by atoms with E-state index in [4.69, 9.17) is 14.2 Å². The van der Waals surface area contributed by atoms with Crippen molar-refractivity contribution in [3.8, 4) is 17.2 Å². The first-order chi connectivity index (χ1) is 8.58. The summed E-state index contributed by atoms with van der Waals surface area (Å²) in [6, 6.07) is 3.88. The number of hydrogen-bond acceptors (Lipinski definition) is 3. The van der Waals surface area contributed by atoms with Crippen LogP contribution in [0.1, 0.15) is 40.2 Å². The average molecular weight is 284 g/mol. The van der Waals surface area contributed by atoms with Gasteiger partial charge in [0.1, 0.15) is 11.1 Å². The SMILES string of the molecule is COc1cc(OC(C)(C)P)c(C(C)(C)C)cc1OC. The minimum Gasteiger partial charge on any atom is -0.493 e. The molecule has 0 amide bonds. The van der Waals surface area contributed by atoms with Crippen LogP contribution in [0.5, 0.6) is 17.2 Å². The first kappa shape index (κ1) is 16.1. The molecule has 1 unspecified atom stereocenters. The first-order valence-corrected chi connectivity index (χ1v) is 6.90. The van der Waals surface area contributed by atoms with Crippen LogP contribution < -0.4 is 14.2 Å². The third kappa shape index (κ3) is 4.28. The summed E-state index contributed by atoms with van der Waals surface area (Å²) in [7, 11) is 5.96. The van der Waals surface area contributed by atoms with Gasteiger partial charge in [-0.25, -0.2) is 0 Å². The monoisotopic (exact) mass is 284 g/mol. The lowest BCUT2D eigenvalue weighted by molar-refractivity contribution is 0.200. The van der Waals surface area contributed by atoms with E-state index in [1.807, 2.05) is 26.0 Å². The molecule has 4 heteroatoms. The van der Waals surface area contributed by atoms with Crippen molar-refractivity contribution in [2.45, 2.75) is 45.4 Å². The number of methoxy groups -OCH3 is 2. The standard InChI is InChI=1S/C15H25O3P/c1-14(2,3)10-8-12(16-6)13(17-7)9-11(10)18-15(4,5)19/h8-9H,19H2,1-7H3. The van der Waals surface area contributed by atoms with Gasteiger partial charge in [-0.15, -0.1) is 0 Å². The van der Waals surface area contributed by atoms with E-state index in [9.17, 15) is 0 Å². The normalized spacial score (nSPS) is 12.2. The quantitative estimate of drug-likeness (QED) is 0.782. The first-order valence-electron chi connectivity index (χ1n) is 6.33. The number of rotatable bonds is 4. The van der Waals surface area contributed by atoms with Gasteiger partial charge < -0.3 is 14.2 Å². The Morgan fingerprint density at radius 2 is 1.32 bits per heavy atom. The van der Waals surface area contributed by atoms with Crippen molar-refractivity contribution in [1.29, 1.82) is 0 Å². The summed E-state index contributed by atoms with van der Waals surface area (Å²) >= 11 is 0. The molecule has 0 saturated heterocycles. The molecule has 1 aromatic rings. The van der Waals surface area contributed by atoms with Crippen LogP contribution in [0.25, 0.3) is 0 Å². The predicted molar refractivity (Wildman–Crippen MR) is 82.7 cm³/mol. The van der Waals surface area contributed by atoms with Crippen LogP contribution in [0, 0.1) is 0 Å². The van der Waals surface area contributed by atoms with Crippen LogP contribution in [0.15, 0.2) is 12.1 Å². The zero-order chi connectivity index (χ0) is 14.8. The van der Waals surface area contributed by atoms with Crippen molar-refractivity contribution in [3.05, 3.63) is 17.7 Å². The van der Waals surface area contributed by atoms with Gasteiger partial charge >= 0.3 is 0 Å². The maximum Gasteiger partial charge on any atom is 0.164 e. The molecule has 108 valence electrons. The van der Waals surface area contributed by atoms with Crippen LogP contribution in [-0.2, 0) is 5.41 Å². The Hall–Kier alpha value is -0.950. The molecular formula is C15H25O3P. The molecule has 0 heterocycles. The van der Waals surface area contributed by atoms with Crippen molar-refractivity contribution in [2.24, 2.45) is 0 Å². The lowest BCUT2D eigenvalue weighted by Gasteiger charge is -2.29. The maximum atomic E-state index is 6.03. The molecule has 0 spiro atoms. The Morgan fingerprint density at radius 3 is 1.68 bits per heavy atom. The summed E-state index contributed by atoms with van der Waals surface area (Å²) in [6.45, 7) is 10.5. The summed E-state index contributed by atoms with van der Waals surface area (Å²) < 4.78 is 16.7. The summed E-state index contributed by atoms with van der Waals surface area (Å²) in [5.74, 6) is 2.23. The largest absolute Gasteiger partial charge is 0.493 e. The van der Waals surface area contributed by atoms with Crippen LogP contribution in [-0.4, -0.2) is 19.6 Å². The van der Waals surface area contributed by atoms with Gasteiger partial charge in [-0.1, -0.05) is 30.0 Å². The summed E-state index contributed by atoms with van der Waals surface area (Å²) in [4.78, 5) is 0. The van der Waals surface area contributed by atoms with Gasteiger partial charge in [0.2, 0.25) is 0 Å². The van der Waals surface area contributed by atoms with Gasteiger partial charge in [-0.2, -0.15) is 0 Å². The van der Waals surface area contributed by atoms with Crippen LogP contribution in [0.2, 0.25) is 0 Å². The molecule has 1 atom stereocenters. The van der Waals surface area contributed by atoms with E-state index >= 15 is 0 Å². The van der Waals surface area contributed by atoms with Crippen molar-refractivity contribution >= 4 is 9.24 Å². The summed E-state index contributed by atoms with van der Waals surface area (Å²) in [5.41, 5.74) is 1.06. The van der Waals surface area contributed by atoms with Crippen LogP contribution >= 0.6 is 9.24 Å². The highest BCUT2D eigenvalue weighted by atomic mass is 31.0. The molecule has 0 radical (unpaired) electrons. The topological polar surface area (TPSA) is 27.7 Å². The second kappa shape index (κ2) is 5.58. The zero-order valence-corrected chi connectivity index (χ0v) is 14.1. The van der Waals surface area contributed by atoms with Crippen LogP contribution in [0.3, 0.4) is 0 Å². The number of ether oxygens (including phenoxy) is 3. The third-order valence-corrected chi connectivity index (χ3v) is 2.78. The number of hydrogen-bond donors (Lipinski definition) is 0. The zero-order valence-electron chi connectivity index (χ0n) is 13.0. The molecular weight excluding hydrogens is 259 g/mol. The minimum absolute atomic E-state index is 0.0369. The van der Waals surface area contributed by atoms with Crippen molar-refractivity contribution in [1.82, 2.24) is 0 Å². The highest BCUT2D eigenvalue weighted by molar-refractivity contribution is 7.18. The summed E-state index contributed by atoms with van der Waals surface area (Å²) in [5, 5.41) is -0.334. The fourth-order valence-electron chi connectivity index (χ4n) is 1.81. The highest BCUT2D eigenvalue weighted by Crippen LogP contribution is 2.42. The Kier molecular flexibility index (Phi) is 4.73.